The Labute approximate surface area is 150 Å². The van der Waals surface area contributed by atoms with Crippen molar-refractivity contribution in [3.05, 3.63) is 77.6 Å². The zero-order valence-electron chi connectivity index (χ0n) is 13.2. The minimum Gasteiger partial charge on any atom is -0.207 e. The number of nitrogens with zero attached hydrogens (tertiary/aromatic N) is 4. The Morgan fingerprint density at radius 2 is 1.65 bits per heavy atom. The summed E-state index contributed by atoms with van der Waals surface area (Å²) in [6.07, 6.45) is 0. The standard InChI is InChI=1S/C18H11F3N4S/c19-13-4-2-12(3-5-13)16-7-8-17-22-23-18(25(17)24-16)26-10-11-1-6-14(20)15(21)9-11/h1-9H,10H2. The summed E-state index contributed by atoms with van der Waals surface area (Å²) in [6.45, 7) is 0. The lowest BCUT2D eigenvalue weighted by molar-refractivity contribution is 0.507. The molecule has 0 atom stereocenters. The number of thioether (sulfide) groups is 1. The molecular weight excluding hydrogens is 361 g/mol. The van der Waals surface area contributed by atoms with Gasteiger partial charge in [0.05, 0.1) is 5.69 Å². The van der Waals surface area contributed by atoms with Gasteiger partial charge < -0.3 is 0 Å². The monoisotopic (exact) mass is 372 g/mol. The predicted octanol–water partition coefficient (Wildman–Crippen LogP) is 4.50. The van der Waals surface area contributed by atoms with Gasteiger partial charge in [-0.15, -0.1) is 10.2 Å². The summed E-state index contributed by atoms with van der Waals surface area (Å²) in [6, 6.07) is 13.3. The summed E-state index contributed by atoms with van der Waals surface area (Å²) in [4.78, 5) is 0. The first-order chi connectivity index (χ1) is 12.6. The number of fused-ring (bicyclic) bond motifs is 1. The first kappa shape index (κ1) is 16.6. The number of hydrogen-bond donors (Lipinski definition) is 0. The van der Waals surface area contributed by atoms with Gasteiger partial charge in [-0.05, 0) is 54.1 Å². The highest BCUT2D eigenvalue weighted by Gasteiger charge is 2.11. The van der Waals surface area contributed by atoms with Gasteiger partial charge in [0.15, 0.2) is 17.3 Å². The first-order valence-electron chi connectivity index (χ1n) is 7.65. The molecule has 4 nitrogen and oxygen atoms in total. The van der Waals surface area contributed by atoms with E-state index in [9.17, 15) is 13.2 Å². The third-order valence-corrected chi connectivity index (χ3v) is 4.72. The smallest absolute Gasteiger partial charge is 0.207 e. The second-order valence-electron chi connectivity index (χ2n) is 5.52. The Morgan fingerprint density at radius 1 is 0.846 bits per heavy atom. The van der Waals surface area contributed by atoms with Crippen LogP contribution in [0.15, 0.2) is 59.8 Å². The highest BCUT2D eigenvalue weighted by Crippen LogP contribution is 2.24. The van der Waals surface area contributed by atoms with Crippen LogP contribution in [0.2, 0.25) is 0 Å². The molecule has 4 rings (SSSR count). The minimum atomic E-state index is -0.883. The maximum Gasteiger partial charge on any atom is 0.212 e. The molecule has 0 unspecified atom stereocenters. The number of halogens is 3. The van der Waals surface area contributed by atoms with Crippen LogP contribution in [0.3, 0.4) is 0 Å². The van der Waals surface area contributed by atoms with Crippen molar-refractivity contribution in [1.29, 1.82) is 0 Å². The fourth-order valence-electron chi connectivity index (χ4n) is 2.41. The van der Waals surface area contributed by atoms with E-state index in [1.807, 2.05) is 0 Å². The molecular formula is C18H11F3N4S. The SMILES string of the molecule is Fc1ccc(-c2ccc3nnc(SCc4ccc(F)c(F)c4)n3n2)cc1. The van der Waals surface area contributed by atoms with Crippen molar-refractivity contribution in [2.45, 2.75) is 10.9 Å². The average molecular weight is 372 g/mol. The molecule has 0 saturated heterocycles. The zero-order valence-corrected chi connectivity index (χ0v) is 14.1. The molecule has 0 saturated carbocycles. The number of rotatable bonds is 4. The molecule has 0 N–H and O–H groups in total. The lowest BCUT2D eigenvalue weighted by Gasteiger charge is -2.04. The van der Waals surface area contributed by atoms with Crippen LogP contribution in [0.5, 0.6) is 0 Å². The maximum atomic E-state index is 13.3. The van der Waals surface area contributed by atoms with E-state index in [4.69, 9.17) is 0 Å². The van der Waals surface area contributed by atoms with Gasteiger partial charge in [-0.1, -0.05) is 17.8 Å². The van der Waals surface area contributed by atoms with Crippen LogP contribution >= 0.6 is 11.8 Å². The van der Waals surface area contributed by atoms with Crippen molar-refractivity contribution in [2.75, 3.05) is 0 Å². The van der Waals surface area contributed by atoms with E-state index in [2.05, 4.69) is 15.3 Å². The molecule has 0 aliphatic heterocycles. The van der Waals surface area contributed by atoms with Crippen LogP contribution in [0.25, 0.3) is 16.9 Å². The van der Waals surface area contributed by atoms with Gasteiger partial charge in [0.1, 0.15) is 5.82 Å². The molecule has 26 heavy (non-hydrogen) atoms. The second-order valence-corrected chi connectivity index (χ2v) is 6.46. The Bertz CT molecular complexity index is 1080. The van der Waals surface area contributed by atoms with E-state index in [1.165, 1.54) is 30.0 Å². The Kier molecular flexibility index (Phi) is 4.34. The summed E-state index contributed by atoms with van der Waals surface area (Å²) < 4.78 is 41.0. The summed E-state index contributed by atoms with van der Waals surface area (Å²) in [5, 5.41) is 13.1. The highest BCUT2D eigenvalue weighted by molar-refractivity contribution is 7.98. The van der Waals surface area contributed by atoms with Crippen molar-refractivity contribution in [3.8, 4) is 11.3 Å². The predicted molar refractivity (Wildman–Crippen MR) is 92.1 cm³/mol. The van der Waals surface area contributed by atoms with Crippen molar-refractivity contribution < 1.29 is 13.2 Å². The molecule has 130 valence electrons. The topological polar surface area (TPSA) is 43.1 Å². The van der Waals surface area contributed by atoms with E-state index in [-0.39, 0.29) is 5.82 Å². The van der Waals surface area contributed by atoms with E-state index in [0.717, 1.165) is 17.7 Å². The van der Waals surface area contributed by atoms with Gasteiger partial charge in [-0.25, -0.2) is 13.2 Å². The fraction of sp³-hybridized carbons (Fsp3) is 0.0556. The molecule has 2 aromatic carbocycles. The van der Waals surface area contributed by atoms with Crippen LogP contribution in [-0.2, 0) is 5.75 Å². The quantitative estimate of drug-likeness (QED) is 0.495. The minimum absolute atomic E-state index is 0.318. The van der Waals surface area contributed by atoms with E-state index in [0.29, 0.717) is 27.8 Å². The van der Waals surface area contributed by atoms with E-state index < -0.39 is 11.6 Å². The molecule has 0 fully saturated rings. The van der Waals surface area contributed by atoms with Crippen molar-refractivity contribution in [1.82, 2.24) is 19.8 Å². The fourth-order valence-corrected chi connectivity index (χ4v) is 3.24. The molecule has 0 amide bonds. The van der Waals surface area contributed by atoms with Gasteiger partial charge in [-0.2, -0.15) is 9.61 Å². The number of aromatic nitrogens is 4. The molecule has 0 bridgehead atoms. The zero-order chi connectivity index (χ0) is 18.1. The van der Waals surface area contributed by atoms with Crippen LogP contribution in [0.4, 0.5) is 13.2 Å². The second kappa shape index (κ2) is 6.80. The molecule has 0 aliphatic rings. The summed E-state index contributed by atoms with van der Waals surface area (Å²) in [5.41, 5.74) is 2.59. The molecule has 0 aliphatic carbocycles. The molecule has 8 heteroatoms. The molecule has 2 heterocycles. The van der Waals surface area contributed by atoms with Crippen molar-refractivity contribution in [3.63, 3.8) is 0 Å². The largest absolute Gasteiger partial charge is 0.212 e. The number of benzene rings is 2. The van der Waals surface area contributed by atoms with E-state index in [1.54, 1.807) is 28.8 Å². The highest BCUT2D eigenvalue weighted by atomic mass is 32.2. The van der Waals surface area contributed by atoms with Gasteiger partial charge in [-0.3, -0.25) is 0 Å². The normalized spacial score (nSPS) is 11.2. The first-order valence-corrected chi connectivity index (χ1v) is 8.64. The summed E-state index contributed by atoms with van der Waals surface area (Å²) in [7, 11) is 0. The third kappa shape index (κ3) is 3.28. The van der Waals surface area contributed by atoms with Crippen LogP contribution in [0.1, 0.15) is 5.56 Å². The lowest BCUT2D eigenvalue weighted by atomic mass is 10.1. The number of hydrogen-bond acceptors (Lipinski definition) is 4. The van der Waals surface area contributed by atoms with Crippen molar-refractivity contribution >= 4 is 17.4 Å². The molecule has 0 radical (unpaired) electrons. The van der Waals surface area contributed by atoms with Crippen LogP contribution in [0, 0.1) is 17.5 Å². The average Bonchev–Trinajstić information content (AvgIpc) is 3.05. The van der Waals surface area contributed by atoms with Gasteiger partial charge in [0.2, 0.25) is 5.16 Å². The molecule has 4 aromatic rings. The van der Waals surface area contributed by atoms with Crippen LogP contribution in [-0.4, -0.2) is 19.8 Å². The molecule has 2 aromatic heterocycles. The summed E-state index contributed by atoms with van der Waals surface area (Å²) in [5.74, 6) is -1.69. The van der Waals surface area contributed by atoms with Gasteiger partial charge in [0, 0.05) is 11.3 Å². The van der Waals surface area contributed by atoms with Crippen molar-refractivity contribution in [2.24, 2.45) is 0 Å². The summed E-state index contributed by atoms with van der Waals surface area (Å²) >= 11 is 1.31. The lowest BCUT2D eigenvalue weighted by Crippen LogP contribution is -1.97. The Morgan fingerprint density at radius 3 is 2.42 bits per heavy atom. The van der Waals surface area contributed by atoms with Gasteiger partial charge in [0.25, 0.3) is 0 Å². The Balaban J connectivity index is 1.62. The molecule has 0 spiro atoms. The maximum absolute atomic E-state index is 13.3. The van der Waals surface area contributed by atoms with Crippen LogP contribution < -0.4 is 0 Å². The van der Waals surface area contributed by atoms with Gasteiger partial charge >= 0.3 is 0 Å². The Hall–Kier alpha value is -2.87. The third-order valence-electron chi connectivity index (χ3n) is 3.73. The van der Waals surface area contributed by atoms with E-state index >= 15 is 0 Å².